The van der Waals surface area contributed by atoms with Crippen LogP contribution in [0.2, 0.25) is 0 Å². The van der Waals surface area contributed by atoms with Crippen molar-refractivity contribution >= 4 is 21.5 Å². The summed E-state index contributed by atoms with van der Waals surface area (Å²) < 4.78 is 0. The molecule has 29 heavy (non-hydrogen) atoms. The van der Waals surface area contributed by atoms with Crippen molar-refractivity contribution in [2.24, 2.45) is 0 Å². The molecule has 0 aliphatic carbocycles. The van der Waals surface area contributed by atoms with E-state index in [1.807, 2.05) is 18.2 Å². The van der Waals surface area contributed by atoms with Crippen LogP contribution in [0.25, 0.3) is 21.5 Å². The fourth-order valence-corrected chi connectivity index (χ4v) is 3.03. The molecule has 2 heteroatoms. The van der Waals surface area contributed by atoms with Gasteiger partial charge in [0.2, 0.25) is 0 Å². The van der Waals surface area contributed by atoms with E-state index in [4.69, 9.17) is 0 Å². The summed E-state index contributed by atoms with van der Waals surface area (Å²) in [6.07, 6.45) is 0. The van der Waals surface area contributed by atoms with Gasteiger partial charge in [0.05, 0.1) is 0 Å². The van der Waals surface area contributed by atoms with Crippen molar-refractivity contribution < 1.29 is 26.2 Å². The molecule has 0 bridgehead atoms. The average Bonchev–Trinajstić information content (AvgIpc) is 3.38. The summed E-state index contributed by atoms with van der Waals surface area (Å²) in [6.45, 7) is 0.997. The fourth-order valence-electron chi connectivity index (χ4n) is 3.03. The third kappa shape index (κ3) is 7.57. The smallest absolute Gasteiger partial charge is 0.316 e. The van der Waals surface area contributed by atoms with Crippen LogP contribution < -0.4 is 0 Å². The first-order valence-corrected chi connectivity index (χ1v) is 9.53. The largest absolute Gasteiger partial charge is 3.00 e. The van der Waals surface area contributed by atoms with Gasteiger partial charge in [0, 0.05) is 0 Å². The van der Waals surface area contributed by atoms with Gasteiger partial charge in [0.1, 0.15) is 0 Å². The molecule has 143 valence electrons. The number of nitrogens with zero attached hydrogens (tertiary/aromatic N) is 1. The first-order chi connectivity index (χ1) is 13.7. The van der Waals surface area contributed by atoms with Crippen LogP contribution in [0, 0.1) is 6.07 Å². The minimum atomic E-state index is 0. The second kappa shape index (κ2) is 12.3. The molecule has 0 aliphatic heterocycles. The molecule has 1 radical (unpaired) electrons. The Hall–Kier alpha value is -2.28. The van der Waals surface area contributed by atoms with Crippen molar-refractivity contribution in [3.05, 3.63) is 121 Å². The maximum atomic E-state index is 3.04. The van der Waals surface area contributed by atoms with Crippen LogP contribution in [-0.2, 0) is 32.7 Å². The topological polar surface area (TPSA) is 3.24 Å². The minimum absolute atomic E-state index is 0. The van der Waals surface area contributed by atoms with E-state index in [9.17, 15) is 0 Å². The van der Waals surface area contributed by atoms with Crippen LogP contribution >= 0.6 is 0 Å². The van der Waals surface area contributed by atoms with Gasteiger partial charge in [0.15, 0.2) is 0 Å². The summed E-state index contributed by atoms with van der Waals surface area (Å²) in [7, 11) is 4.12. The predicted molar refractivity (Wildman–Crippen MR) is 122 cm³/mol. The van der Waals surface area contributed by atoms with Gasteiger partial charge in [-0.15, -0.1) is 64.9 Å². The molecule has 5 rings (SSSR count). The van der Waals surface area contributed by atoms with Crippen molar-refractivity contribution in [3.63, 3.8) is 0 Å². The van der Waals surface area contributed by atoms with Crippen molar-refractivity contribution in [3.8, 4) is 0 Å². The zero-order valence-electron chi connectivity index (χ0n) is 17.0. The van der Waals surface area contributed by atoms with Crippen molar-refractivity contribution in [2.75, 3.05) is 14.1 Å². The molecule has 0 saturated carbocycles. The molecule has 5 aromatic carbocycles. The van der Waals surface area contributed by atoms with E-state index < -0.39 is 0 Å². The van der Waals surface area contributed by atoms with E-state index in [0.717, 1.165) is 6.54 Å². The Morgan fingerprint density at radius 3 is 1.72 bits per heavy atom. The van der Waals surface area contributed by atoms with Crippen LogP contribution in [0.15, 0.2) is 109 Å². The third-order valence-electron chi connectivity index (χ3n) is 4.37. The number of hydrogen-bond acceptors (Lipinski definition) is 1. The Labute approximate surface area is 193 Å². The molecule has 0 amide bonds. The van der Waals surface area contributed by atoms with E-state index in [2.05, 4.69) is 116 Å². The molecule has 0 aliphatic rings. The summed E-state index contributed by atoms with van der Waals surface area (Å²) in [5.41, 5.74) is 1.31. The molecule has 0 heterocycles. The van der Waals surface area contributed by atoms with Crippen molar-refractivity contribution in [2.45, 2.75) is 6.54 Å². The maximum absolute atomic E-state index is 3.04. The second-order valence-electron chi connectivity index (χ2n) is 6.96. The van der Waals surface area contributed by atoms with Crippen LogP contribution in [0.4, 0.5) is 0 Å². The van der Waals surface area contributed by atoms with Crippen molar-refractivity contribution in [1.82, 2.24) is 4.90 Å². The van der Waals surface area contributed by atoms with E-state index in [0.29, 0.717) is 0 Å². The molecule has 0 atom stereocenters. The molecule has 5 aromatic rings. The first-order valence-electron chi connectivity index (χ1n) is 9.53. The summed E-state index contributed by atoms with van der Waals surface area (Å²) in [5.74, 6) is 0. The molecule has 0 N–H and O–H groups in total. The number of rotatable bonds is 2. The van der Waals surface area contributed by atoms with Crippen LogP contribution in [0.3, 0.4) is 0 Å². The van der Waals surface area contributed by atoms with Crippen LogP contribution in [-0.4, -0.2) is 19.0 Å². The standard InChI is InChI=1S/C9H12N.2C9H7.Zr/c1-10(2)8-9-6-4-3-5-7-9;2*1-2-5-9-7-3-6-8(9)4-1;/h3-4,6-7H,8H2,1-2H3;2*1-7H;/q3*-1;+3. The third-order valence-corrected chi connectivity index (χ3v) is 4.37. The molecule has 0 spiro atoms. The monoisotopic (exact) mass is 454 g/mol. The summed E-state index contributed by atoms with van der Waals surface area (Å²) in [4.78, 5) is 2.14. The summed E-state index contributed by atoms with van der Waals surface area (Å²) >= 11 is 0. The van der Waals surface area contributed by atoms with Gasteiger partial charge in [-0.25, -0.2) is 0 Å². The number of benzene rings is 3. The number of hydrogen-bond donors (Lipinski definition) is 0. The zero-order valence-corrected chi connectivity index (χ0v) is 19.5. The van der Waals surface area contributed by atoms with E-state index in [-0.39, 0.29) is 26.2 Å². The quantitative estimate of drug-likeness (QED) is 0.269. The average molecular weight is 456 g/mol. The molecule has 0 fully saturated rings. The first kappa shape index (κ1) is 23.0. The predicted octanol–water partition coefficient (Wildman–Crippen LogP) is 6.66. The van der Waals surface area contributed by atoms with Gasteiger partial charge in [-0.3, -0.25) is 0 Å². The normalized spacial score (nSPS) is 9.90. The molecule has 0 aromatic heterocycles. The van der Waals surface area contributed by atoms with Gasteiger partial charge >= 0.3 is 26.2 Å². The SMILES string of the molecule is CN(C)Cc1c[c-]ccc1.[Zr+3].c1ccc2[cH-]ccc2c1.c1ccc2[cH-]ccc2c1. The molecular weight excluding hydrogens is 430 g/mol. The van der Waals surface area contributed by atoms with Gasteiger partial charge < -0.3 is 4.90 Å². The van der Waals surface area contributed by atoms with E-state index >= 15 is 0 Å². The summed E-state index contributed by atoms with van der Waals surface area (Å²) in [6, 6.07) is 40.4. The maximum Gasteiger partial charge on any atom is 3.00 e. The Morgan fingerprint density at radius 1 is 0.724 bits per heavy atom. The Balaban J connectivity index is 0.000000153. The second-order valence-corrected chi connectivity index (χ2v) is 6.96. The van der Waals surface area contributed by atoms with E-state index in [1.165, 1.54) is 27.1 Å². The Morgan fingerprint density at radius 2 is 1.28 bits per heavy atom. The van der Waals surface area contributed by atoms with E-state index in [1.54, 1.807) is 0 Å². The number of fused-ring (bicyclic) bond motifs is 2. The Kier molecular flexibility index (Phi) is 9.77. The van der Waals surface area contributed by atoms with Gasteiger partial charge in [-0.2, -0.15) is 65.4 Å². The van der Waals surface area contributed by atoms with Gasteiger partial charge in [-0.1, -0.05) is 12.1 Å². The molecule has 0 unspecified atom stereocenters. The molecule has 0 saturated heterocycles. The Bertz CT molecular complexity index is 947. The zero-order chi connectivity index (χ0) is 19.6. The molecule has 1 nitrogen and oxygen atoms in total. The minimum Gasteiger partial charge on any atom is -0.316 e. The van der Waals surface area contributed by atoms with Crippen molar-refractivity contribution in [1.29, 1.82) is 0 Å². The summed E-state index contributed by atoms with van der Waals surface area (Å²) in [5, 5.41) is 5.32. The van der Waals surface area contributed by atoms with Crippen LogP contribution in [0.1, 0.15) is 5.56 Å². The fraction of sp³-hybridized carbons (Fsp3) is 0.111. The van der Waals surface area contributed by atoms with Gasteiger partial charge in [0.25, 0.3) is 0 Å². The molecular formula is C27H26NZr. The van der Waals surface area contributed by atoms with Gasteiger partial charge in [-0.05, 0) is 20.6 Å². The van der Waals surface area contributed by atoms with Crippen LogP contribution in [0.5, 0.6) is 0 Å².